The lowest BCUT2D eigenvalue weighted by Crippen LogP contribution is -2.35. The van der Waals surface area contributed by atoms with E-state index in [2.05, 4.69) is 31.1 Å². The van der Waals surface area contributed by atoms with Gasteiger partial charge in [0, 0.05) is 18.3 Å². The number of pyridine rings is 1. The molecule has 0 fully saturated rings. The minimum atomic E-state index is -0.373. The molecular weight excluding hydrogens is 255 g/mol. The molecule has 2 aromatic rings. The maximum Gasteiger partial charge on any atom is 0.166 e. The van der Waals surface area contributed by atoms with Crippen molar-refractivity contribution >= 4 is 0 Å². The number of rotatable bonds is 4. The Morgan fingerprint density at radius 3 is 2.65 bits per heavy atom. The Labute approximate surface area is 118 Å². The fraction of sp³-hybridized carbons (Fsp3) is 0.312. The van der Waals surface area contributed by atoms with Gasteiger partial charge in [0.1, 0.15) is 5.75 Å². The maximum absolute atomic E-state index is 14.0. The highest BCUT2D eigenvalue weighted by molar-refractivity contribution is 5.33. The molecule has 0 bridgehead atoms. The second-order valence-electron chi connectivity index (χ2n) is 5.66. The van der Waals surface area contributed by atoms with E-state index >= 15 is 0 Å². The number of aromatic nitrogens is 1. The largest absolute Gasteiger partial charge is 0.453 e. The van der Waals surface area contributed by atoms with Gasteiger partial charge in [-0.1, -0.05) is 6.07 Å². The predicted octanol–water partition coefficient (Wildman–Crippen LogP) is 3.90. The van der Waals surface area contributed by atoms with E-state index in [9.17, 15) is 4.39 Å². The highest BCUT2D eigenvalue weighted by Crippen LogP contribution is 2.24. The summed E-state index contributed by atoms with van der Waals surface area (Å²) >= 11 is 0. The zero-order valence-corrected chi connectivity index (χ0v) is 12.0. The summed E-state index contributed by atoms with van der Waals surface area (Å²) in [5.41, 5.74) is 0.886. The molecule has 1 N–H and O–H groups in total. The van der Waals surface area contributed by atoms with Crippen molar-refractivity contribution in [3.05, 3.63) is 54.1 Å². The lowest BCUT2D eigenvalue weighted by molar-refractivity contribution is 0.420. The molecule has 3 nitrogen and oxygen atoms in total. The van der Waals surface area contributed by atoms with Crippen LogP contribution in [-0.2, 0) is 6.54 Å². The Kier molecular flexibility index (Phi) is 4.35. The van der Waals surface area contributed by atoms with Gasteiger partial charge in [-0.2, -0.15) is 0 Å². The molecule has 0 radical (unpaired) electrons. The lowest BCUT2D eigenvalue weighted by atomic mass is 10.1. The van der Waals surface area contributed by atoms with Gasteiger partial charge >= 0.3 is 0 Å². The third-order valence-electron chi connectivity index (χ3n) is 2.68. The van der Waals surface area contributed by atoms with Gasteiger partial charge in [-0.05, 0) is 50.6 Å². The molecule has 106 valence electrons. The summed E-state index contributed by atoms with van der Waals surface area (Å²) in [6.07, 6.45) is 3.19. The first kappa shape index (κ1) is 14.5. The summed E-state index contributed by atoms with van der Waals surface area (Å²) in [5.74, 6) is 0.353. The van der Waals surface area contributed by atoms with E-state index in [1.165, 1.54) is 6.07 Å². The van der Waals surface area contributed by atoms with Crippen LogP contribution < -0.4 is 10.1 Å². The minimum Gasteiger partial charge on any atom is -0.453 e. The van der Waals surface area contributed by atoms with Gasteiger partial charge in [0.2, 0.25) is 0 Å². The first-order valence-electron chi connectivity index (χ1n) is 6.55. The molecular formula is C16H19FN2O. The van der Waals surface area contributed by atoms with Gasteiger partial charge < -0.3 is 10.1 Å². The summed E-state index contributed by atoms with van der Waals surface area (Å²) in [7, 11) is 0. The van der Waals surface area contributed by atoms with Gasteiger partial charge in [0.05, 0.1) is 6.20 Å². The smallest absolute Gasteiger partial charge is 0.166 e. The summed E-state index contributed by atoms with van der Waals surface area (Å²) in [6, 6.07) is 8.47. The van der Waals surface area contributed by atoms with E-state index in [-0.39, 0.29) is 17.1 Å². The first-order chi connectivity index (χ1) is 9.44. The average molecular weight is 274 g/mol. The standard InChI is InChI=1S/C16H19FN2O/c1-16(2,3)19-10-12-6-7-15(14(17)9-12)20-13-5-4-8-18-11-13/h4-9,11,19H,10H2,1-3H3. The number of halogens is 1. The second-order valence-corrected chi connectivity index (χ2v) is 5.66. The van der Waals surface area contributed by atoms with Crippen LogP contribution in [0.15, 0.2) is 42.7 Å². The maximum atomic E-state index is 14.0. The van der Waals surface area contributed by atoms with Crippen LogP contribution in [0.4, 0.5) is 4.39 Å². The van der Waals surface area contributed by atoms with Gasteiger partial charge in [0.25, 0.3) is 0 Å². The summed E-state index contributed by atoms with van der Waals surface area (Å²) in [6.45, 7) is 6.84. The van der Waals surface area contributed by atoms with E-state index in [0.29, 0.717) is 12.3 Å². The van der Waals surface area contributed by atoms with Crippen LogP contribution in [0.5, 0.6) is 11.5 Å². The summed E-state index contributed by atoms with van der Waals surface area (Å²) in [4.78, 5) is 3.93. The Bertz CT molecular complexity index is 564. The van der Waals surface area contributed by atoms with Crippen LogP contribution in [0.3, 0.4) is 0 Å². The third kappa shape index (κ3) is 4.31. The highest BCUT2D eigenvalue weighted by Gasteiger charge is 2.10. The monoisotopic (exact) mass is 274 g/mol. The zero-order chi connectivity index (χ0) is 14.6. The van der Waals surface area contributed by atoms with Gasteiger partial charge in [0.15, 0.2) is 11.6 Å². The van der Waals surface area contributed by atoms with Gasteiger partial charge in [-0.25, -0.2) is 4.39 Å². The molecule has 1 heterocycles. The van der Waals surface area contributed by atoms with Crippen molar-refractivity contribution in [2.24, 2.45) is 0 Å². The molecule has 2 rings (SSSR count). The normalized spacial score (nSPS) is 11.4. The van der Waals surface area contributed by atoms with Crippen molar-refractivity contribution < 1.29 is 9.13 Å². The molecule has 1 aromatic carbocycles. The molecule has 0 aliphatic carbocycles. The van der Waals surface area contributed by atoms with Crippen molar-refractivity contribution in [3.8, 4) is 11.5 Å². The first-order valence-corrected chi connectivity index (χ1v) is 6.55. The van der Waals surface area contributed by atoms with Crippen LogP contribution in [0.2, 0.25) is 0 Å². The lowest BCUT2D eigenvalue weighted by Gasteiger charge is -2.20. The van der Waals surface area contributed by atoms with Crippen LogP contribution in [-0.4, -0.2) is 10.5 Å². The Morgan fingerprint density at radius 2 is 2.05 bits per heavy atom. The molecule has 0 aliphatic heterocycles. The van der Waals surface area contributed by atoms with Gasteiger partial charge in [-0.15, -0.1) is 0 Å². The van der Waals surface area contributed by atoms with Gasteiger partial charge in [-0.3, -0.25) is 4.98 Å². The highest BCUT2D eigenvalue weighted by atomic mass is 19.1. The summed E-state index contributed by atoms with van der Waals surface area (Å²) in [5, 5.41) is 3.32. The number of benzene rings is 1. The molecule has 0 spiro atoms. The molecule has 0 aliphatic rings. The molecule has 0 amide bonds. The van der Waals surface area contributed by atoms with Crippen molar-refractivity contribution in [1.29, 1.82) is 0 Å². The molecule has 0 saturated carbocycles. The van der Waals surface area contributed by atoms with E-state index < -0.39 is 0 Å². The van der Waals surface area contributed by atoms with Crippen LogP contribution >= 0.6 is 0 Å². The predicted molar refractivity (Wildman–Crippen MR) is 77.3 cm³/mol. The van der Waals surface area contributed by atoms with Crippen molar-refractivity contribution in [2.45, 2.75) is 32.9 Å². The van der Waals surface area contributed by atoms with E-state index in [4.69, 9.17) is 4.74 Å². The number of nitrogens with zero attached hydrogens (tertiary/aromatic N) is 1. The van der Waals surface area contributed by atoms with Crippen LogP contribution in [0.25, 0.3) is 0 Å². The molecule has 0 unspecified atom stereocenters. The quantitative estimate of drug-likeness (QED) is 0.918. The third-order valence-corrected chi connectivity index (χ3v) is 2.68. The molecule has 4 heteroatoms. The molecule has 20 heavy (non-hydrogen) atoms. The van der Waals surface area contributed by atoms with E-state index in [1.54, 1.807) is 30.6 Å². The fourth-order valence-corrected chi connectivity index (χ4v) is 1.64. The summed E-state index contributed by atoms with van der Waals surface area (Å²) < 4.78 is 19.4. The van der Waals surface area contributed by atoms with E-state index in [1.807, 2.05) is 6.07 Å². The van der Waals surface area contributed by atoms with Crippen LogP contribution in [0, 0.1) is 5.82 Å². The Morgan fingerprint density at radius 1 is 1.25 bits per heavy atom. The Balaban J connectivity index is 2.06. The number of ether oxygens (including phenoxy) is 1. The van der Waals surface area contributed by atoms with E-state index in [0.717, 1.165) is 5.56 Å². The number of hydrogen-bond donors (Lipinski definition) is 1. The molecule has 0 atom stereocenters. The number of hydrogen-bond acceptors (Lipinski definition) is 3. The SMILES string of the molecule is CC(C)(C)NCc1ccc(Oc2cccnc2)c(F)c1. The van der Waals surface area contributed by atoms with Crippen molar-refractivity contribution in [3.63, 3.8) is 0 Å². The fourth-order valence-electron chi connectivity index (χ4n) is 1.64. The van der Waals surface area contributed by atoms with Crippen molar-refractivity contribution in [2.75, 3.05) is 0 Å². The molecule has 1 aromatic heterocycles. The topological polar surface area (TPSA) is 34.1 Å². The second kappa shape index (κ2) is 6.01. The van der Waals surface area contributed by atoms with Crippen molar-refractivity contribution in [1.82, 2.24) is 10.3 Å². The zero-order valence-electron chi connectivity index (χ0n) is 12.0. The Hall–Kier alpha value is -1.94. The average Bonchev–Trinajstić information content (AvgIpc) is 2.40. The number of nitrogens with one attached hydrogen (secondary N) is 1. The van der Waals surface area contributed by atoms with Crippen LogP contribution in [0.1, 0.15) is 26.3 Å². The molecule has 0 saturated heterocycles. The minimum absolute atomic E-state index is 0.00134.